The van der Waals surface area contributed by atoms with Gasteiger partial charge < -0.3 is 0 Å². The predicted molar refractivity (Wildman–Crippen MR) is 82.4 cm³/mol. The highest BCUT2D eigenvalue weighted by molar-refractivity contribution is 6.33. The first-order valence-corrected chi connectivity index (χ1v) is 6.44. The fraction of sp³-hybridized carbons (Fsp3) is 0. The lowest BCUT2D eigenvalue weighted by Crippen LogP contribution is -1.99. The summed E-state index contributed by atoms with van der Waals surface area (Å²) in [5.41, 5.74) is 1.31. The van der Waals surface area contributed by atoms with E-state index in [2.05, 4.69) is 10.5 Å². The summed E-state index contributed by atoms with van der Waals surface area (Å²) >= 11 is 5.81. The molecule has 0 bridgehead atoms. The zero-order valence-corrected chi connectivity index (χ0v) is 12.0. The van der Waals surface area contributed by atoms with Gasteiger partial charge in [-0.2, -0.15) is 5.10 Å². The van der Waals surface area contributed by atoms with Gasteiger partial charge in [-0.05, 0) is 18.2 Å². The lowest BCUT2D eigenvalue weighted by atomic mass is 10.2. The Kier molecular flexibility index (Phi) is 4.82. The molecule has 0 saturated heterocycles. The minimum absolute atomic E-state index is 0.00577. The van der Waals surface area contributed by atoms with Gasteiger partial charge in [-0.3, -0.25) is 25.7 Å². The van der Waals surface area contributed by atoms with Crippen LogP contribution in [0.25, 0.3) is 0 Å². The second-order valence-electron chi connectivity index (χ2n) is 4.22. The molecular formula is C13H8ClFN4O4. The van der Waals surface area contributed by atoms with E-state index in [-0.39, 0.29) is 16.3 Å². The minimum atomic E-state index is -0.791. The van der Waals surface area contributed by atoms with Crippen LogP contribution in [0.4, 0.5) is 21.5 Å². The molecule has 0 amide bonds. The van der Waals surface area contributed by atoms with Crippen LogP contribution in [0.1, 0.15) is 5.56 Å². The number of rotatable bonds is 5. The van der Waals surface area contributed by atoms with Crippen LogP contribution in [0.2, 0.25) is 5.02 Å². The second-order valence-corrected chi connectivity index (χ2v) is 4.63. The Bertz CT molecular complexity index is 792. The van der Waals surface area contributed by atoms with Crippen molar-refractivity contribution in [1.29, 1.82) is 0 Å². The van der Waals surface area contributed by atoms with Crippen LogP contribution < -0.4 is 5.43 Å². The summed E-state index contributed by atoms with van der Waals surface area (Å²) in [5, 5.41) is 25.4. The lowest BCUT2D eigenvalue weighted by molar-refractivity contribution is -0.393. The van der Waals surface area contributed by atoms with Gasteiger partial charge in [0.1, 0.15) is 11.5 Å². The number of benzene rings is 2. The summed E-state index contributed by atoms with van der Waals surface area (Å²) in [7, 11) is 0. The third kappa shape index (κ3) is 3.77. The van der Waals surface area contributed by atoms with E-state index in [9.17, 15) is 24.6 Å². The van der Waals surface area contributed by atoms with E-state index >= 15 is 0 Å². The lowest BCUT2D eigenvalue weighted by Gasteiger charge is -2.03. The van der Waals surface area contributed by atoms with Crippen LogP contribution in [0, 0.1) is 26.0 Å². The molecule has 0 fully saturated rings. The van der Waals surface area contributed by atoms with Gasteiger partial charge in [0, 0.05) is 11.6 Å². The van der Waals surface area contributed by atoms with Crippen LogP contribution in [0.3, 0.4) is 0 Å². The fourth-order valence-corrected chi connectivity index (χ4v) is 1.89. The standard InChI is InChI=1S/C13H8ClFN4O4/c14-10-2-1-3-11(15)9(10)7-16-17-12-5-4-8(18(20)21)6-13(12)19(22)23/h1-7,17H/b16-7+. The van der Waals surface area contributed by atoms with E-state index in [1.54, 1.807) is 0 Å². The van der Waals surface area contributed by atoms with E-state index in [1.165, 1.54) is 18.2 Å². The first-order valence-electron chi connectivity index (χ1n) is 6.06. The Morgan fingerprint density at radius 3 is 2.52 bits per heavy atom. The number of hydrogen-bond donors (Lipinski definition) is 1. The molecule has 1 N–H and O–H groups in total. The highest BCUT2D eigenvalue weighted by Crippen LogP contribution is 2.29. The van der Waals surface area contributed by atoms with Gasteiger partial charge in [0.2, 0.25) is 0 Å². The Labute approximate surface area is 133 Å². The number of hydrogen-bond acceptors (Lipinski definition) is 6. The van der Waals surface area contributed by atoms with Crippen molar-refractivity contribution in [3.05, 3.63) is 73.0 Å². The van der Waals surface area contributed by atoms with Gasteiger partial charge in [-0.25, -0.2) is 4.39 Å². The molecule has 0 aliphatic rings. The minimum Gasteiger partial charge on any atom is -0.272 e. The number of anilines is 1. The van der Waals surface area contributed by atoms with Crippen molar-refractivity contribution in [2.24, 2.45) is 5.10 Å². The summed E-state index contributed by atoms with van der Waals surface area (Å²) in [6, 6.07) is 7.08. The van der Waals surface area contributed by atoms with Crippen LogP contribution in [0.15, 0.2) is 41.5 Å². The topological polar surface area (TPSA) is 111 Å². The Morgan fingerprint density at radius 2 is 1.91 bits per heavy atom. The van der Waals surface area contributed by atoms with Gasteiger partial charge in [0.15, 0.2) is 0 Å². The number of halogens is 2. The molecule has 23 heavy (non-hydrogen) atoms. The van der Waals surface area contributed by atoms with Crippen LogP contribution in [-0.4, -0.2) is 16.1 Å². The van der Waals surface area contributed by atoms with Crippen molar-refractivity contribution < 1.29 is 14.2 Å². The Hall–Kier alpha value is -3.07. The molecule has 0 unspecified atom stereocenters. The average Bonchev–Trinajstić information content (AvgIpc) is 2.50. The van der Waals surface area contributed by atoms with Crippen LogP contribution in [-0.2, 0) is 0 Å². The van der Waals surface area contributed by atoms with Crippen molar-refractivity contribution >= 4 is 34.9 Å². The van der Waals surface area contributed by atoms with Gasteiger partial charge >= 0.3 is 5.69 Å². The number of nitro benzene ring substituents is 2. The highest BCUT2D eigenvalue weighted by Gasteiger charge is 2.19. The zero-order chi connectivity index (χ0) is 17.0. The number of nitrogens with one attached hydrogen (secondary N) is 1. The van der Waals surface area contributed by atoms with E-state index in [0.717, 1.165) is 24.4 Å². The van der Waals surface area contributed by atoms with E-state index in [0.29, 0.717) is 0 Å². The van der Waals surface area contributed by atoms with Crippen molar-refractivity contribution in [2.75, 3.05) is 5.43 Å². The van der Waals surface area contributed by atoms with Gasteiger partial charge in [-0.1, -0.05) is 17.7 Å². The largest absolute Gasteiger partial charge is 0.301 e. The van der Waals surface area contributed by atoms with E-state index in [4.69, 9.17) is 11.6 Å². The van der Waals surface area contributed by atoms with Crippen LogP contribution >= 0.6 is 11.6 Å². The molecule has 0 heterocycles. The fourth-order valence-electron chi connectivity index (χ4n) is 1.68. The molecule has 118 valence electrons. The molecule has 0 radical (unpaired) electrons. The third-order valence-corrected chi connectivity index (χ3v) is 3.10. The molecule has 0 aliphatic carbocycles. The van der Waals surface area contributed by atoms with Gasteiger partial charge in [-0.15, -0.1) is 0 Å². The molecule has 0 atom stereocenters. The maximum Gasteiger partial charge on any atom is 0.301 e. The number of non-ortho nitro benzene ring substituents is 1. The Morgan fingerprint density at radius 1 is 1.17 bits per heavy atom. The molecule has 0 saturated carbocycles. The van der Waals surface area contributed by atoms with Gasteiger partial charge in [0.05, 0.1) is 27.2 Å². The first-order chi connectivity index (χ1) is 10.9. The quantitative estimate of drug-likeness (QED) is 0.507. The molecule has 0 aliphatic heterocycles. The smallest absolute Gasteiger partial charge is 0.272 e. The maximum atomic E-state index is 13.5. The normalized spacial score (nSPS) is 10.7. The summed E-state index contributed by atoms with van der Waals surface area (Å²) in [6.45, 7) is 0. The monoisotopic (exact) mass is 338 g/mol. The van der Waals surface area contributed by atoms with E-state index < -0.39 is 27.0 Å². The summed E-state index contributed by atoms with van der Waals surface area (Å²) in [6.07, 6.45) is 1.06. The second kappa shape index (κ2) is 6.79. The van der Waals surface area contributed by atoms with Crippen molar-refractivity contribution in [1.82, 2.24) is 0 Å². The molecule has 2 rings (SSSR count). The van der Waals surface area contributed by atoms with E-state index in [1.807, 2.05) is 0 Å². The number of nitro groups is 2. The van der Waals surface area contributed by atoms with Gasteiger partial charge in [0.25, 0.3) is 5.69 Å². The molecule has 2 aromatic rings. The summed E-state index contributed by atoms with van der Waals surface area (Å²) < 4.78 is 13.5. The highest BCUT2D eigenvalue weighted by atomic mass is 35.5. The molecule has 8 nitrogen and oxygen atoms in total. The summed E-state index contributed by atoms with van der Waals surface area (Å²) in [5.74, 6) is -0.610. The average molecular weight is 339 g/mol. The van der Waals surface area contributed by atoms with Crippen molar-refractivity contribution in [3.8, 4) is 0 Å². The SMILES string of the molecule is O=[N+]([O-])c1ccc(N/N=C/c2c(F)cccc2Cl)c([N+](=O)[O-])c1. The number of hydrazone groups is 1. The number of nitrogens with zero attached hydrogens (tertiary/aromatic N) is 3. The summed E-state index contributed by atoms with van der Waals surface area (Å²) in [4.78, 5) is 20.0. The molecule has 2 aromatic carbocycles. The molecule has 10 heteroatoms. The Balaban J connectivity index is 2.28. The molecule has 0 aromatic heterocycles. The van der Waals surface area contributed by atoms with Crippen molar-refractivity contribution in [3.63, 3.8) is 0 Å². The third-order valence-electron chi connectivity index (χ3n) is 2.77. The predicted octanol–water partition coefficient (Wildman–Crippen LogP) is 3.74. The molecule has 0 spiro atoms. The van der Waals surface area contributed by atoms with Crippen molar-refractivity contribution in [2.45, 2.75) is 0 Å². The first kappa shape index (κ1) is 16.3. The zero-order valence-electron chi connectivity index (χ0n) is 11.3. The maximum absolute atomic E-state index is 13.5. The van der Waals surface area contributed by atoms with Crippen LogP contribution in [0.5, 0.6) is 0 Å². The molecular weight excluding hydrogens is 331 g/mol.